The number of ether oxygens (including phenoxy) is 2. The zero-order valence-electron chi connectivity index (χ0n) is 17.6. The molecule has 0 bridgehead atoms. The van der Waals surface area contributed by atoms with Crippen LogP contribution in [0.3, 0.4) is 0 Å². The second-order valence-electron chi connectivity index (χ2n) is 7.08. The maximum absolute atomic E-state index is 12.1. The number of carbonyl (C=O) groups is 2. The van der Waals surface area contributed by atoms with Crippen LogP contribution in [-0.2, 0) is 9.53 Å². The van der Waals surface area contributed by atoms with Crippen molar-refractivity contribution in [2.24, 2.45) is 5.10 Å². The first-order valence-corrected chi connectivity index (χ1v) is 9.84. The highest BCUT2D eigenvalue weighted by Gasteiger charge is 2.12. The first-order valence-electron chi connectivity index (χ1n) is 9.84. The highest BCUT2D eigenvalue weighted by Crippen LogP contribution is 2.23. The van der Waals surface area contributed by atoms with E-state index in [0.717, 1.165) is 11.1 Å². The molecule has 3 rings (SSSR count). The van der Waals surface area contributed by atoms with Crippen LogP contribution in [0.1, 0.15) is 35.5 Å². The van der Waals surface area contributed by atoms with E-state index >= 15 is 0 Å². The molecule has 2 aromatic carbocycles. The van der Waals surface area contributed by atoms with Crippen molar-refractivity contribution in [3.63, 3.8) is 0 Å². The molecule has 1 aromatic heterocycles. The third kappa shape index (κ3) is 6.30. The maximum atomic E-state index is 12.1. The molecule has 1 N–H and O–H groups in total. The van der Waals surface area contributed by atoms with Gasteiger partial charge in [-0.05, 0) is 56.7 Å². The SMILES string of the molecule is Cc1ccccc1OCC(=O)N/N=C\c1ccc(-c2cccc(C(=O)OC(C)C)c2)o1. The van der Waals surface area contributed by atoms with Crippen molar-refractivity contribution < 1.29 is 23.5 Å². The fourth-order valence-corrected chi connectivity index (χ4v) is 2.72. The van der Waals surface area contributed by atoms with Crippen molar-refractivity contribution in [3.8, 4) is 17.1 Å². The van der Waals surface area contributed by atoms with Crippen LogP contribution in [0.4, 0.5) is 0 Å². The molecule has 0 aliphatic carbocycles. The lowest BCUT2D eigenvalue weighted by molar-refractivity contribution is -0.123. The summed E-state index contributed by atoms with van der Waals surface area (Å²) < 4.78 is 16.4. The molecule has 0 radical (unpaired) electrons. The molecule has 0 saturated heterocycles. The molecule has 0 unspecified atom stereocenters. The highest BCUT2D eigenvalue weighted by atomic mass is 16.5. The number of aryl methyl sites for hydroxylation is 1. The van der Waals surface area contributed by atoms with E-state index in [2.05, 4.69) is 10.5 Å². The summed E-state index contributed by atoms with van der Waals surface area (Å²) in [5, 5.41) is 3.89. The van der Waals surface area contributed by atoms with Gasteiger partial charge in [0.05, 0.1) is 17.9 Å². The van der Waals surface area contributed by atoms with Gasteiger partial charge in [-0.1, -0.05) is 30.3 Å². The first-order chi connectivity index (χ1) is 14.9. The molecule has 1 heterocycles. The molecule has 0 spiro atoms. The lowest BCUT2D eigenvalue weighted by atomic mass is 10.1. The van der Waals surface area contributed by atoms with Gasteiger partial charge in [-0.15, -0.1) is 0 Å². The van der Waals surface area contributed by atoms with Crippen LogP contribution < -0.4 is 10.2 Å². The minimum atomic E-state index is -0.388. The standard InChI is InChI=1S/C24H24N2O5/c1-16(2)30-24(28)19-9-6-8-18(13-19)22-12-11-20(31-22)14-25-26-23(27)15-29-21-10-5-4-7-17(21)3/h4-14,16H,15H2,1-3H3,(H,26,27)/b25-14-. The Balaban J connectivity index is 1.56. The molecule has 0 saturated carbocycles. The summed E-state index contributed by atoms with van der Waals surface area (Å²) >= 11 is 0. The molecule has 7 heteroatoms. The third-order valence-electron chi connectivity index (χ3n) is 4.19. The first kappa shape index (κ1) is 21.8. The summed E-state index contributed by atoms with van der Waals surface area (Å²) in [7, 11) is 0. The monoisotopic (exact) mass is 420 g/mol. The third-order valence-corrected chi connectivity index (χ3v) is 4.19. The predicted molar refractivity (Wildman–Crippen MR) is 117 cm³/mol. The van der Waals surface area contributed by atoms with Crippen LogP contribution >= 0.6 is 0 Å². The minimum Gasteiger partial charge on any atom is -0.483 e. The van der Waals surface area contributed by atoms with Gasteiger partial charge in [0.1, 0.15) is 17.3 Å². The Hall–Kier alpha value is -3.87. The number of hydrogen-bond donors (Lipinski definition) is 1. The number of hydrazone groups is 1. The number of benzene rings is 2. The zero-order valence-corrected chi connectivity index (χ0v) is 17.6. The van der Waals surface area contributed by atoms with Gasteiger partial charge in [0.15, 0.2) is 6.61 Å². The summed E-state index contributed by atoms with van der Waals surface area (Å²) in [6.45, 7) is 5.36. The Morgan fingerprint density at radius 2 is 1.90 bits per heavy atom. The number of furan rings is 1. The Morgan fingerprint density at radius 1 is 1.10 bits per heavy atom. The lowest BCUT2D eigenvalue weighted by Gasteiger charge is -2.08. The van der Waals surface area contributed by atoms with E-state index < -0.39 is 0 Å². The van der Waals surface area contributed by atoms with Crippen LogP contribution in [0.15, 0.2) is 70.2 Å². The molecule has 0 atom stereocenters. The topological polar surface area (TPSA) is 90.1 Å². The predicted octanol–water partition coefficient (Wildman–Crippen LogP) is 4.35. The molecule has 31 heavy (non-hydrogen) atoms. The average molecular weight is 420 g/mol. The van der Waals surface area contributed by atoms with Gasteiger partial charge in [0.25, 0.3) is 5.91 Å². The van der Waals surface area contributed by atoms with Gasteiger partial charge in [0, 0.05) is 5.56 Å². The van der Waals surface area contributed by atoms with Crippen molar-refractivity contribution in [1.82, 2.24) is 5.43 Å². The van der Waals surface area contributed by atoms with Crippen LogP contribution in [0.5, 0.6) is 5.75 Å². The van der Waals surface area contributed by atoms with Crippen LogP contribution in [0.2, 0.25) is 0 Å². The summed E-state index contributed by atoms with van der Waals surface area (Å²) in [6.07, 6.45) is 1.20. The second kappa shape index (κ2) is 10.2. The van der Waals surface area contributed by atoms with Gasteiger partial charge in [-0.3, -0.25) is 4.79 Å². The Bertz CT molecular complexity index is 1080. The van der Waals surface area contributed by atoms with Gasteiger partial charge in [-0.25, -0.2) is 10.2 Å². The van der Waals surface area contributed by atoms with Crippen molar-refractivity contribution in [2.75, 3.05) is 6.61 Å². The smallest absolute Gasteiger partial charge is 0.338 e. The average Bonchev–Trinajstić information content (AvgIpc) is 3.22. The van der Waals surface area contributed by atoms with Crippen molar-refractivity contribution in [2.45, 2.75) is 26.9 Å². The fourth-order valence-electron chi connectivity index (χ4n) is 2.72. The number of nitrogens with one attached hydrogen (secondary N) is 1. The molecule has 0 aliphatic rings. The van der Waals surface area contributed by atoms with Crippen LogP contribution in [0, 0.1) is 6.92 Å². The molecule has 1 amide bonds. The van der Waals surface area contributed by atoms with E-state index in [1.54, 1.807) is 50.2 Å². The number of amides is 1. The van der Waals surface area contributed by atoms with Crippen molar-refractivity contribution in [3.05, 3.63) is 77.6 Å². The Labute approximate surface area is 180 Å². The molecule has 7 nitrogen and oxygen atoms in total. The largest absolute Gasteiger partial charge is 0.483 e. The number of esters is 1. The molecule has 0 aliphatic heterocycles. The van der Waals surface area contributed by atoms with Crippen LogP contribution in [0.25, 0.3) is 11.3 Å². The quantitative estimate of drug-likeness (QED) is 0.332. The Kier molecular flexibility index (Phi) is 7.22. The highest BCUT2D eigenvalue weighted by molar-refractivity contribution is 5.91. The summed E-state index contributed by atoms with van der Waals surface area (Å²) in [5.41, 5.74) is 4.52. The number of para-hydroxylation sites is 1. The molecule has 3 aromatic rings. The maximum Gasteiger partial charge on any atom is 0.338 e. The van der Waals surface area contributed by atoms with E-state index in [1.165, 1.54) is 6.21 Å². The Morgan fingerprint density at radius 3 is 2.68 bits per heavy atom. The summed E-state index contributed by atoms with van der Waals surface area (Å²) in [4.78, 5) is 24.0. The lowest BCUT2D eigenvalue weighted by Crippen LogP contribution is -2.24. The normalized spacial score (nSPS) is 11.0. The van der Waals surface area contributed by atoms with Crippen LogP contribution in [-0.4, -0.2) is 30.8 Å². The summed E-state index contributed by atoms with van der Waals surface area (Å²) in [6, 6.07) is 17.9. The van der Waals surface area contributed by atoms with E-state index in [4.69, 9.17) is 13.9 Å². The number of nitrogens with zero attached hydrogens (tertiary/aromatic N) is 1. The van der Waals surface area contributed by atoms with E-state index in [0.29, 0.717) is 22.8 Å². The van der Waals surface area contributed by atoms with Crippen molar-refractivity contribution in [1.29, 1.82) is 0 Å². The molecular weight excluding hydrogens is 396 g/mol. The van der Waals surface area contributed by atoms with E-state index in [9.17, 15) is 9.59 Å². The number of rotatable bonds is 8. The fraction of sp³-hybridized carbons (Fsp3) is 0.208. The van der Waals surface area contributed by atoms with Gasteiger partial charge in [0.2, 0.25) is 0 Å². The molecule has 160 valence electrons. The number of carbonyl (C=O) groups excluding carboxylic acids is 2. The van der Waals surface area contributed by atoms with E-state index in [1.807, 2.05) is 31.2 Å². The van der Waals surface area contributed by atoms with Gasteiger partial charge < -0.3 is 13.9 Å². The molecular formula is C24H24N2O5. The summed E-state index contributed by atoms with van der Waals surface area (Å²) in [5.74, 6) is 0.889. The second-order valence-corrected chi connectivity index (χ2v) is 7.08. The van der Waals surface area contributed by atoms with Gasteiger partial charge in [-0.2, -0.15) is 5.10 Å². The van der Waals surface area contributed by atoms with Crippen molar-refractivity contribution >= 4 is 18.1 Å². The molecule has 0 fully saturated rings. The zero-order chi connectivity index (χ0) is 22.2. The minimum absolute atomic E-state index is 0.148. The van der Waals surface area contributed by atoms with E-state index in [-0.39, 0.29) is 24.6 Å². The van der Waals surface area contributed by atoms with Gasteiger partial charge >= 0.3 is 5.97 Å². The number of hydrogen-bond acceptors (Lipinski definition) is 6.